The zero-order valence-corrected chi connectivity index (χ0v) is 26.4. The van der Waals surface area contributed by atoms with Gasteiger partial charge in [-0.25, -0.2) is 9.59 Å². The molecule has 0 radical (unpaired) electrons. The summed E-state index contributed by atoms with van der Waals surface area (Å²) >= 11 is 0. The Morgan fingerprint density at radius 1 is 0.822 bits per heavy atom. The molecule has 10 nitrogen and oxygen atoms in total. The SMILES string of the molecule is CC(=O)O[C@H]1[C@H](OC(=O)c2ccccc2)[C@@]2(C)[C@@H](OC(=O)/C=C\c3ccccc3)C[C@@H]3C[C@]2(OC3(C)C)[C@@](C)(O)[C@H]1OC(C)=O. The number of benzene rings is 2. The van der Waals surface area contributed by atoms with Crippen molar-refractivity contribution < 1.29 is 48.0 Å². The molecule has 1 heterocycles. The first-order valence-electron chi connectivity index (χ1n) is 15.1. The molecule has 0 aromatic heterocycles. The molecule has 3 aliphatic rings. The second-order valence-electron chi connectivity index (χ2n) is 13.1. The summed E-state index contributed by atoms with van der Waals surface area (Å²) in [6, 6.07) is 17.5. The molecule has 0 amide bonds. The highest BCUT2D eigenvalue weighted by Crippen LogP contribution is 2.68. The monoisotopic (exact) mass is 620 g/mol. The molecule has 45 heavy (non-hydrogen) atoms. The zero-order chi connectivity index (χ0) is 32.8. The third-order valence-electron chi connectivity index (χ3n) is 9.86. The Hall–Kier alpha value is -4.02. The third kappa shape index (κ3) is 5.55. The van der Waals surface area contributed by atoms with Crippen LogP contribution in [0.3, 0.4) is 0 Å². The largest absolute Gasteiger partial charge is 0.458 e. The molecule has 2 aromatic rings. The highest BCUT2D eigenvalue weighted by molar-refractivity contribution is 5.89. The fourth-order valence-electron chi connectivity index (χ4n) is 7.65. The fraction of sp³-hybridized carbons (Fsp3) is 0.486. The van der Waals surface area contributed by atoms with Gasteiger partial charge in [0.2, 0.25) is 0 Å². The predicted octanol–water partition coefficient (Wildman–Crippen LogP) is 4.43. The Bertz CT molecular complexity index is 1480. The van der Waals surface area contributed by atoms with Crippen LogP contribution in [0.4, 0.5) is 0 Å². The van der Waals surface area contributed by atoms with Crippen molar-refractivity contribution in [1.29, 1.82) is 0 Å². The normalized spacial score (nSPS) is 34.8. The van der Waals surface area contributed by atoms with Crippen molar-refractivity contribution in [2.75, 3.05) is 0 Å². The van der Waals surface area contributed by atoms with E-state index in [2.05, 4.69) is 0 Å². The molecular weight excluding hydrogens is 580 g/mol. The van der Waals surface area contributed by atoms with Gasteiger partial charge in [0, 0.05) is 19.9 Å². The van der Waals surface area contributed by atoms with E-state index in [1.807, 2.05) is 44.2 Å². The molecule has 2 aliphatic carbocycles. The average Bonchev–Trinajstić information content (AvgIpc) is 3.23. The van der Waals surface area contributed by atoms with Crippen LogP contribution in [0, 0.1) is 11.3 Å². The first-order chi connectivity index (χ1) is 21.1. The molecular formula is C35H40O10. The van der Waals surface area contributed by atoms with Gasteiger partial charge < -0.3 is 28.8 Å². The van der Waals surface area contributed by atoms with Gasteiger partial charge in [0.15, 0.2) is 18.3 Å². The lowest BCUT2D eigenvalue weighted by molar-refractivity contribution is -0.352. The van der Waals surface area contributed by atoms with Crippen molar-refractivity contribution in [1.82, 2.24) is 0 Å². The maximum Gasteiger partial charge on any atom is 0.338 e. The van der Waals surface area contributed by atoms with Gasteiger partial charge in [-0.3, -0.25) is 9.59 Å². The van der Waals surface area contributed by atoms with Crippen molar-refractivity contribution in [3.05, 3.63) is 77.9 Å². The van der Waals surface area contributed by atoms with Gasteiger partial charge in [-0.15, -0.1) is 0 Å². The molecule has 8 atom stereocenters. The van der Waals surface area contributed by atoms with Crippen LogP contribution in [0.5, 0.6) is 0 Å². The highest BCUT2D eigenvalue weighted by atomic mass is 16.6. The number of fused-ring (bicyclic) bond motifs is 1. The summed E-state index contributed by atoms with van der Waals surface area (Å²) in [5.74, 6) is -3.11. The maximum absolute atomic E-state index is 13.7. The van der Waals surface area contributed by atoms with Gasteiger partial charge in [-0.05, 0) is 70.2 Å². The topological polar surface area (TPSA) is 135 Å². The van der Waals surface area contributed by atoms with E-state index in [4.69, 9.17) is 23.7 Å². The minimum absolute atomic E-state index is 0.207. The van der Waals surface area contributed by atoms with Crippen molar-refractivity contribution in [2.45, 2.75) is 95.6 Å². The summed E-state index contributed by atoms with van der Waals surface area (Å²) in [5.41, 5.74) is -4.90. The van der Waals surface area contributed by atoms with Crippen LogP contribution >= 0.6 is 0 Å². The Morgan fingerprint density at radius 2 is 1.42 bits per heavy atom. The van der Waals surface area contributed by atoms with E-state index in [0.717, 1.165) is 5.56 Å². The van der Waals surface area contributed by atoms with Crippen molar-refractivity contribution in [2.24, 2.45) is 11.3 Å². The van der Waals surface area contributed by atoms with Crippen LogP contribution in [-0.2, 0) is 38.1 Å². The van der Waals surface area contributed by atoms with Gasteiger partial charge in [0.1, 0.15) is 17.3 Å². The van der Waals surface area contributed by atoms with E-state index in [1.54, 1.807) is 43.3 Å². The smallest absolute Gasteiger partial charge is 0.338 e. The molecule has 5 rings (SSSR count). The van der Waals surface area contributed by atoms with Crippen LogP contribution in [0.1, 0.15) is 70.3 Å². The lowest BCUT2D eigenvalue weighted by Crippen LogP contribution is -2.82. The van der Waals surface area contributed by atoms with Crippen LogP contribution in [0.2, 0.25) is 0 Å². The number of ether oxygens (including phenoxy) is 5. The molecule has 1 saturated heterocycles. The van der Waals surface area contributed by atoms with E-state index >= 15 is 0 Å². The summed E-state index contributed by atoms with van der Waals surface area (Å²) in [6.07, 6.45) is -1.84. The molecule has 10 heteroatoms. The van der Waals surface area contributed by atoms with E-state index in [0.29, 0.717) is 6.42 Å². The average molecular weight is 621 g/mol. The van der Waals surface area contributed by atoms with Gasteiger partial charge in [-0.1, -0.05) is 48.5 Å². The van der Waals surface area contributed by atoms with E-state index in [9.17, 15) is 24.3 Å². The quantitative estimate of drug-likeness (QED) is 0.269. The highest BCUT2D eigenvalue weighted by Gasteiger charge is 2.82. The van der Waals surface area contributed by atoms with Crippen molar-refractivity contribution in [3.63, 3.8) is 0 Å². The Morgan fingerprint density at radius 3 is 2.02 bits per heavy atom. The van der Waals surface area contributed by atoms with Crippen LogP contribution < -0.4 is 0 Å². The summed E-state index contributed by atoms with van der Waals surface area (Å²) < 4.78 is 30.7. The minimum atomic E-state index is -2.00. The minimum Gasteiger partial charge on any atom is -0.458 e. The Labute approximate surface area is 262 Å². The van der Waals surface area contributed by atoms with Gasteiger partial charge in [0.05, 0.1) is 16.6 Å². The second-order valence-corrected chi connectivity index (χ2v) is 13.1. The van der Waals surface area contributed by atoms with Gasteiger partial charge in [-0.2, -0.15) is 0 Å². The van der Waals surface area contributed by atoms with Crippen LogP contribution in [-0.4, -0.2) is 70.2 Å². The Kier molecular flexibility index (Phi) is 8.44. The van der Waals surface area contributed by atoms with Crippen molar-refractivity contribution >= 4 is 30.0 Å². The molecule has 1 spiro atoms. The van der Waals surface area contributed by atoms with E-state index < -0.39 is 70.5 Å². The van der Waals surface area contributed by atoms with E-state index in [-0.39, 0.29) is 17.9 Å². The maximum atomic E-state index is 13.7. The first-order valence-corrected chi connectivity index (χ1v) is 15.1. The third-order valence-corrected chi connectivity index (χ3v) is 9.86. The summed E-state index contributed by atoms with van der Waals surface area (Å²) in [6.45, 7) is 9.27. The number of aliphatic hydroxyl groups is 1. The lowest BCUT2D eigenvalue weighted by Gasteiger charge is -2.65. The van der Waals surface area contributed by atoms with Crippen molar-refractivity contribution in [3.8, 4) is 0 Å². The number of carbonyl (C=O) groups is 4. The van der Waals surface area contributed by atoms with Crippen LogP contribution in [0.15, 0.2) is 66.7 Å². The standard InChI is InChI=1S/C35H40O10/c1-21(36)41-28-29(44-31(39)24-15-11-8-12-16-24)33(5)26(43-27(38)18-17-23-13-9-7-10-14-23)19-25-20-35(33,45-32(25,3)4)34(6,40)30(28)42-22(2)37/h7-18,25-26,28-30,40H,19-20H2,1-6H3/b18-17-/t25-,26+,28+,29+,30+,33-,34+,35-/m1/s1. The number of hydrogen-bond acceptors (Lipinski definition) is 10. The van der Waals surface area contributed by atoms with E-state index in [1.165, 1.54) is 26.8 Å². The lowest BCUT2D eigenvalue weighted by atomic mass is 9.47. The zero-order valence-electron chi connectivity index (χ0n) is 26.4. The number of rotatable bonds is 7. The van der Waals surface area contributed by atoms with Gasteiger partial charge >= 0.3 is 23.9 Å². The summed E-state index contributed by atoms with van der Waals surface area (Å²) in [7, 11) is 0. The number of esters is 4. The molecule has 1 aliphatic heterocycles. The molecule has 2 saturated carbocycles. The van der Waals surface area contributed by atoms with Crippen LogP contribution in [0.25, 0.3) is 6.08 Å². The molecule has 0 unspecified atom stereocenters. The molecule has 2 bridgehead atoms. The first kappa shape index (κ1) is 32.4. The fourth-order valence-corrected chi connectivity index (χ4v) is 7.65. The molecule has 240 valence electrons. The summed E-state index contributed by atoms with van der Waals surface area (Å²) in [4.78, 5) is 52.1. The summed E-state index contributed by atoms with van der Waals surface area (Å²) in [5, 5.41) is 12.5. The Balaban J connectivity index is 1.67. The predicted molar refractivity (Wildman–Crippen MR) is 161 cm³/mol. The number of carbonyl (C=O) groups excluding carboxylic acids is 4. The molecule has 2 aromatic carbocycles. The second kappa shape index (κ2) is 11.7. The van der Waals surface area contributed by atoms with Gasteiger partial charge in [0.25, 0.3) is 0 Å². The molecule has 3 fully saturated rings. The molecule has 1 N–H and O–H groups in total. The number of hydrogen-bond donors (Lipinski definition) is 1.